The van der Waals surface area contributed by atoms with E-state index in [1.165, 1.54) is 0 Å². The van der Waals surface area contributed by atoms with Gasteiger partial charge in [0.05, 0.1) is 11.1 Å². The molecule has 4 nitrogen and oxygen atoms in total. The Morgan fingerprint density at radius 3 is 2.25 bits per heavy atom. The van der Waals surface area contributed by atoms with Crippen LogP contribution in [0.1, 0.15) is 47.4 Å². The molecule has 0 aliphatic rings. The van der Waals surface area contributed by atoms with Crippen LogP contribution in [0.4, 0.5) is 8.78 Å². The lowest BCUT2D eigenvalue weighted by Gasteiger charge is -2.09. The quantitative estimate of drug-likeness (QED) is 0.790. The van der Waals surface area contributed by atoms with Crippen LogP contribution >= 0.6 is 0 Å². The molecule has 0 aromatic heterocycles. The van der Waals surface area contributed by atoms with Gasteiger partial charge in [-0.1, -0.05) is 13.8 Å². The van der Waals surface area contributed by atoms with Crippen molar-refractivity contribution in [1.82, 2.24) is 5.32 Å². The second-order valence-corrected chi connectivity index (χ2v) is 4.91. The first-order chi connectivity index (χ1) is 9.32. The molecule has 0 saturated carbocycles. The zero-order valence-electron chi connectivity index (χ0n) is 11.4. The lowest BCUT2D eigenvalue weighted by Crippen LogP contribution is -2.27. The fourth-order valence-electron chi connectivity index (χ4n) is 1.72. The molecule has 1 aromatic rings. The van der Waals surface area contributed by atoms with Gasteiger partial charge in [-0.3, -0.25) is 4.79 Å². The van der Waals surface area contributed by atoms with Gasteiger partial charge in [-0.2, -0.15) is 0 Å². The van der Waals surface area contributed by atoms with E-state index in [1.807, 2.05) is 13.8 Å². The van der Waals surface area contributed by atoms with E-state index in [-0.39, 0.29) is 5.56 Å². The van der Waals surface area contributed by atoms with E-state index in [1.54, 1.807) is 0 Å². The first kappa shape index (κ1) is 16.1. The highest BCUT2D eigenvalue weighted by atomic mass is 19.2. The highest BCUT2D eigenvalue weighted by Crippen LogP contribution is 2.15. The van der Waals surface area contributed by atoms with Crippen molar-refractivity contribution in [2.24, 2.45) is 5.92 Å². The van der Waals surface area contributed by atoms with Crippen LogP contribution in [0, 0.1) is 17.6 Å². The average Bonchev–Trinajstić information content (AvgIpc) is 2.36. The Bertz CT molecular complexity index is 515. The molecule has 0 heterocycles. The van der Waals surface area contributed by atoms with Crippen molar-refractivity contribution in [3.05, 3.63) is 34.9 Å². The maximum Gasteiger partial charge on any atom is 0.336 e. The van der Waals surface area contributed by atoms with Crippen molar-refractivity contribution in [2.45, 2.75) is 26.7 Å². The Kier molecular flexibility index (Phi) is 5.61. The Balaban J connectivity index is 2.81. The molecule has 1 amide bonds. The van der Waals surface area contributed by atoms with E-state index in [2.05, 4.69) is 5.32 Å². The monoisotopic (exact) mass is 285 g/mol. The van der Waals surface area contributed by atoms with Crippen molar-refractivity contribution in [1.29, 1.82) is 0 Å². The summed E-state index contributed by atoms with van der Waals surface area (Å²) in [7, 11) is 0. The average molecular weight is 285 g/mol. The molecular formula is C14H17F2NO3. The molecule has 0 unspecified atom stereocenters. The SMILES string of the molecule is CC(C)CCCNC(=O)c1cc(F)c(F)cc1C(=O)O. The molecule has 0 aliphatic carbocycles. The van der Waals surface area contributed by atoms with Gasteiger partial charge in [0.25, 0.3) is 5.91 Å². The molecule has 110 valence electrons. The van der Waals surface area contributed by atoms with Crippen LogP contribution in [0.5, 0.6) is 0 Å². The largest absolute Gasteiger partial charge is 0.478 e. The fraction of sp³-hybridized carbons (Fsp3) is 0.429. The molecule has 0 aliphatic heterocycles. The normalized spacial score (nSPS) is 10.7. The van der Waals surface area contributed by atoms with Gasteiger partial charge in [-0.25, -0.2) is 13.6 Å². The number of carboxylic acids is 1. The van der Waals surface area contributed by atoms with E-state index < -0.39 is 29.1 Å². The van der Waals surface area contributed by atoms with Crippen LogP contribution < -0.4 is 5.32 Å². The Hall–Kier alpha value is -1.98. The van der Waals surface area contributed by atoms with Crippen molar-refractivity contribution in [3.8, 4) is 0 Å². The predicted molar refractivity (Wildman–Crippen MR) is 69.7 cm³/mol. The lowest BCUT2D eigenvalue weighted by molar-refractivity contribution is 0.0690. The van der Waals surface area contributed by atoms with Crippen LogP contribution in [0.2, 0.25) is 0 Å². The second-order valence-electron chi connectivity index (χ2n) is 4.91. The minimum atomic E-state index is -1.48. The summed E-state index contributed by atoms with van der Waals surface area (Å²) in [5, 5.41) is 11.4. The van der Waals surface area contributed by atoms with Gasteiger partial charge in [0, 0.05) is 6.54 Å². The minimum absolute atomic E-state index is 0.356. The van der Waals surface area contributed by atoms with Crippen LogP contribution in [0.15, 0.2) is 12.1 Å². The molecule has 1 rings (SSSR count). The summed E-state index contributed by atoms with van der Waals surface area (Å²) in [6, 6.07) is 1.12. The van der Waals surface area contributed by atoms with Crippen molar-refractivity contribution in [2.75, 3.05) is 6.54 Å². The van der Waals surface area contributed by atoms with Crippen molar-refractivity contribution in [3.63, 3.8) is 0 Å². The summed E-state index contributed by atoms with van der Waals surface area (Å²) in [6.07, 6.45) is 1.64. The Morgan fingerprint density at radius 2 is 1.75 bits per heavy atom. The number of benzene rings is 1. The predicted octanol–water partition coefficient (Wildman–Crippen LogP) is 2.83. The molecule has 0 radical (unpaired) electrons. The molecule has 0 fully saturated rings. The summed E-state index contributed by atoms with van der Waals surface area (Å²) in [5.41, 5.74) is -0.925. The Labute approximate surface area is 115 Å². The van der Waals surface area contributed by atoms with Crippen LogP contribution in [-0.2, 0) is 0 Å². The summed E-state index contributed by atoms with van der Waals surface area (Å²) in [5.74, 6) is -4.24. The van der Waals surface area contributed by atoms with Crippen LogP contribution in [-0.4, -0.2) is 23.5 Å². The molecule has 2 N–H and O–H groups in total. The molecule has 0 bridgehead atoms. The second kappa shape index (κ2) is 6.98. The number of halogens is 2. The van der Waals surface area contributed by atoms with Gasteiger partial charge in [0.2, 0.25) is 0 Å². The van der Waals surface area contributed by atoms with E-state index in [0.29, 0.717) is 24.6 Å². The minimum Gasteiger partial charge on any atom is -0.478 e. The summed E-state index contributed by atoms with van der Waals surface area (Å²) < 4.78 is 26.1. The number of hydrogen-bond donors (Lipinski definition) is 2. The van der Waals surface area contributed by atoms with E-state index in [0.717, 1.165) is 12.8 Å². The third-order valence-corrected chi connectivity index (χ3v) is 2.78. The maximum absolute atomic E-state index is 13.1. The molecule has 20 heavy (non-hydrogen) atoms. The number of nitrogens with one attached hydrogen (secondary N) is 1. The molecule has 0 atom stereocenters. The molecule has 6 heteroatoms. The van der Waals surface area contributed by atoms with E-state index >= 15 is 0 Å². The Morgan fingerprint density at radius 1 is 1.20 bits per heavy atom. The molecular weight excluding hydrogens is 268 g/mol. The number of hydrogen-bond acceptors (Lipinski definition) is 2. The highest BCUT2D eigenvalue weighted by molar-refractivity contribution is 6.04. The standard InChI is InChI=1S/C14H17F2NO3/c1-8(2)4-3-5-17-13(18)9-6-11(15)12(16)7-10(9)14(19)20/h6-8H,3-5H2,1-2H3,(H,17,18)(H,19,20). The molecule has 0 spiro atoms. The van der Waals surface area contributed by atoms with Gasteiger partial charge in [0.1, 0.15) is 0 Å². The number of rotatable bonds is 6. The first-order valence-corrected chi connectivity index (χ1v) is 6.33. The molecule has 1 aromatic carbocycles. The third kappa shape index (κ3) is 4.29. The summed E-state index contributed by atoms with van der Waals surface area (Å²) >= 11 is 0. The van der Waals surface area contributed by atoms with Crippen molar-refractivity contribution < 1.29 is 23.5 Å². The van der Waals surface area contributed by atoms with Crippen molar-refractivity contribution >= 4 is 11.9 Å². The lowest BCUT2D eigenvalue weighted by atomic mass is 10.1. The topological polar surface area (TPSA) is 66.4 Å². The highest BCUT2D eigenvalue weighted by Gasteiger charge is 2.20. The third-order valence-electron chi connectivity index (χ3n) is 2.78. The zero-order valence-corrected chi connectivity index (χ0v) is 11.4. The van der Waals surface area contributed by atoms with Crippen LogP contribution in [0.25, 0.3) is 0 Å². The van der Waals surface area contributed by atoms with Gasteiger partial charge < -0.3 is 10.4 Å². The smallest absolute Gasteiger partial charge is 0.336 e. The number of amides is 1. The maximum atomic E-state index is 13.1. The van der Waals surface area contributed by atoms with E-state index in [9.17, 15) is 18.4 Å². The fourth-order valence-corrected chi connectivity index (χ4v) is 1.72. The summed E-state index contributed by atoms with van der Waals surface area (Å²) in [4.78, 5) is 22.8. The van der Waals surface area contributed by atoms with Gasteiger partial charge in [-0.15, -0.1) is 0 Å². The van der Waals surface area contributed by atoms with Gasteiger partial charge in [0.15, 0.2) is 11.6 Å². The van der Waals surface area contributed by atoms with Gasteiger partial charge >= 0.3 is 5.97 Å². The first-order valence-electron chi connectivity index (χ1n) is 6.33. The van der Waals surface area contributed by atoms with Crippen LogP contribution in [0.3, 0.4) is 0 Å². The number of carbonyl (C=O) groups is 2. The number of carboxylic acid groups (broad SMARTS) is 1. The number of carbonyl (C=O) groups excluding carboxylic acids is 1. The van der Waals surface area contributed by atoms with E-state index in [4.69, 9.17) is 5.11 Å². The van der Waals surface area contributed by atoms with Gasteiger partial charge in [-0.05, 0) is 30.9 Å². The summed E-state index contributed by atoms with van der Waals surface area (Å²) in [6.45, 7) is 4.44. The molecule has 0 saturated heterocycles. The number of aromatic carboxylic acids is 1. The zero-order chi connectivity index (χ0) is 15.3.